The molecule has 1 aliphatic rings. The lowest BCUT2D eigenvalue weighted by Gasteiger charge is -2.35. The van der Waals surface area contributed by atoms with Crippen LogP contribution < -0.4 is 10.6 Å². The molecule has 0 spiro atoms. The van der Waals surface area contributed by atoms with Gasteiger partial charge in [-0.1, -0.05) is 0 Å². The van der Waals surface area contributed by atoms with E-state index in [1.54, 1.807) is 12.1 Å². The van der Waals surface area contributed by atoms with Crippen molar-refractivity contribution in [2.75, 3.05) is 25.5 Å². The third-order valence-electron chi connectivity index (χ3n) is 3.71. The average Bonchev–Trinajstić information content (AvgIpc) is 2.47. The predicted molar refractivity (Wildman–Crippen MR) is 78.3 cm³/mol. The standard InChI is InChI=1S/C15H22FN3O/c1-17-10-9-14-4-2-3-11-19(14)15(20)18-13-7-5-12(16)6-8-13/h5-8,14,17H,2-4,9-11H2,1H3,(H,18,20). The van der Waals surface area contributed by atoms with E-state index in [1.807, 2.05) is 11.9 Å². The van der Waals surface area contributed by atoms with Crippen LogP contribution in [0.3, 0.4) is 0 Å². The molecule has 1 saturated heterocycles. The molecule has 2 amide bonds. The van der Waals surface area contributed by atoms with Gasteiger partial charge in [0.15, 0.2) is 0 Å². The number of nitrogens with zero attached hydrogens (tertiary/aromatic N) is 1. The first-order valence-electron chi connectivity index (χ1n) is 7.18. The van der Waals surface area contributed by atoms with Crippen LogP contribution in [0.5, 0.6) is 0 Å². The summed E-state index contributed by atoms with van der Waals surface area (Å²) in [6, 6.07) is 6.07. The van der Waals surface area contributed by atoms with Crippen molar-refractivity contribution in [3.05, 3.63) is 30.1 Å². The van der Waals surface area contributed by atoms with Gasteiger partial charge in [-0.2, -0.15) is 0 Å². The lowest BCUT2D eigenvalue weighted by atomic mass is 10.00. The zero-order valence-electron chi connectivity index (χ0n) is 11.9. The highest BCUT2D eigenvalue weighted by molar-refractivity contribution is 5.89. The molecule has 0 aromatic heterocycles. The number of rotatable bonds is 4. The van der Waals surface area contributed by atoms with Crippen LogP contribution in [0.2, 0.25) is 0 Å². The van der Waals surface area contributed by atoms with Crippen molar-refractivity contribution in [1.29, 1.82) is 0 Å². The molecule has 2 N–H and O–H groups in total. The van der Waals surface area contributed by atoms with Crippen molar-refractivity contribution in [2.45, 2.75) is 31.7 Å². The molecule has 1 fully saturated rings. The zero-order valence-corrected chi connectivity index (χ0v) is 11.9. The monoisotopic (exact) mass is 279 g/mol. The van der Waals surface area contributed by atoms with Gasteiger partial charge in [-0.3, -0.25) is 0 Å². The molecule has 0 bridgehead atoms. The summed E-state index contributed by atoms with van der Waals surface area (Å²) in [5.74, 6) is -0.298. The van der Waals surface area contributed by atoms with Crippen LogP contribution in [0.25, 0.3) is 0 Å². The SMILES string of the molecule is CNCCC1CCCCN1C(=O)Nc1ccc(F)cc1. The van der Waals surface area contributed by atoms with E-state index in [0.29, 0.717) is 5.69 Å². The molecule has 1 heterocycles. The molecular weight excluding hydrogens is 257 g/mol. The van der Waals surface area contributed by atoms with E-state index in [9.17, 15) is 9.18 Å². The highest BCUT2D eigenvalue weighted by Gasteiger charge is 2.26. The van der Waals surface area contributed by atoms with E-state index in [1.165, 1.54) is 18.6 Å². The molecular formula is C15H22FN3O. The van der Waals surface area contributed by atoms with Crippen molar-refractivity contribution in [3.8, 4) is 0 Å². The number of likely N-dealkylation sites (tertiary alicyclic amines) is 1. The maximum absolute atomic E-state index is 12.9. The quantitative estimate of drug-likeness (QED) is 0.890. The van der Waals surface area contributed by atoms with Crippen LogP contribution in [0.15, 0.2) is 24.3 Å². The Bertz CT molecular complexity index is 435. The Morgan fingerprint density at radius 3 is 2.80 bits per heavy atom. The minimum Gasteiger partial charge on any atom is -0.322 e. The number of carbonyl (C=O) groups is 1. The highest BCUT2D eigenvalue weighted by atomic mass is 19.1. The van der Waals surface area contributed by atoms with Crippen molar-refractivity contribution in [3.63, 3.8) is 0 Å². The van der Waals surface area contributed by atoms with Gasteiger partial charge < -0.3 is 15.5 Å². The van der Waals surface area contributed by atoms with Crippen LogP contribution in [-0.2, 0) is 0 Å². The third-order valence-corrected chi connectivity index (χ3v) is 3.71. The number of halogens is 1. The Kier molecular flexibility index (Phi) is 5.35. The van der Waals surface area contributed by atoms with E-state index in [-0.39, 0.29) is 17.9 Å². The second kappa shape index (κ2) is 7.24. The number of hydrogen-bond acceptors (Lipinski definition) is 2. The van der Waals surface area contributed by atoms with Crippen molar-refractivity contribution in [1.82, 2.24) is 10.2 Å². The second-order valence-electron chi connectivity index (χ2n) is 5.17. The van der Waals surface area contributed by atoms with Gasteiger partial charge in [0.25, 0.3) is 0 Å². The van der Waals surface area contributed by atoms with Crippen LogP contribution in [0.1, 0.15) is 25.7 Å². The normalized spacial score (nSPS) is 18.9. The summed E-state index contributed by atoms with van der Waals surface area (Å²) in [6.07, 6.45) is 4.24. The maximum atomic E-state index is 12.9. The molecule has 110 valence electrons. The number of piperidine rings is 1. The molecule has 0 saturated carbocycles. The van der Waals surface area contributed by atoms with E-state index < -0.39 is 0 Å². The molecule has 1 unspecified atom stereocenters. The zero-order chi connectivity index (χ0) is 14.4. The number of carbonyl (C=O) groups excluding carboxylic acids is 1. The van der Waals surface area contributed by atoms with Gasteiger partial charge in [0.1, 0.15) is 5.82 Å². The number of anilines is 1. The van der Waals surface area contributed by atoms with Gasteiger partial charge in [0, 0.05) is 18.3 Å². The Morgan fingerprint density at radius 1 is 1.35 bits per heavy atom. The van der Waals surface area contributed by atoms with Gasteiger partial charge in [-0.05, 0) is 63.5 Å². The number of urea groups is 1. The fourth-order valence-electron chi connectivity index (χ4n) is 2.61. The van der Waals surface area contributed by atoms with Crippen LogP contribution in [0, 0.1) is 5.82 Å². The minimum atomic E-state index is -0.298. The lowest BCUT2D eigenvalue weighted by Crippen LogP contribution is -2.46. The molecule has 5 heteroatoms. The Balaban J connectivity index is 1.96. The topological polar surface area (TPSA) is 44.4 Å². The Labute approximate surface area is 119 Å². The fourth-order valence-corrected chi connectivity index (χ4v) is 2.61. The van der Waals surface area contributed by atoms with Gasteiger partial charge in [0.05, 0.1) is 0 Å². The number of hydrogen-bond donors (Lipinski definition) is 2. The number of benzene rings is 1. The summed E-state index contributed by atoms with van der Waals surface area (Å²) < 4.78 is 12.9. The summed E-state index contributed by atoms with van der Waals surface area (Å²) in [5, 5.41) is 5.98. The van der Waals surface area contributed by atoms with Crippen molar-refractivity contribution >= 4 is 11.7 Å². The van der Waals surface area contributed by atoms with Gasteiger partial charge >= 0.3 is 6.03 Å². The second-order valence-corrected chi connectivity index (χ2v) is 5.17. The van der Waals surface area contributed by atoms with E-state index in [4.69, 9.17) is 0 Å². The predicted octanol–water partition coefficient (Wildman–Crippen LogP) is 2.82. The molecule has 0 aliphatic carbocycles. The van der Waals surface area contributed by atoms with Crippen LogP contribution in [-0.4, -0.2) is 37.1 Å². The summed E-state index contributed by atoms with van der Waals surface area (Å²) in [6.45, 7) is 1.70. The average molecular weight is 279 g/mol. The summed E-state index contributed by atoms with van der Waals surface area (Å²) >= 11 is 0. The van der Waals surface area contributed by atoms with E-state index in [0.717, 1.165) is 32.4 Å². The molecule has 20 heavy (non-hydrogen) atoms. The first-order valence-corrected chi connectivity index (χ1v) is 7.18. The first-order chi connectivity index (χ1) is 9.70. The molecule has 1 atom stereocenters. The lowest BCUT2D eigenvalue weighted by molar-refractivity contribution is 0.158. The summed E-state index contributed by atoms with van der Waals surface area (Å²) in [7, 11) is 1.92. The number of nitrogens with one attached hydrogen (secondary N) is 2. The smallest absolute Gasteiger partial charge is 0.322 e. The Hall–Kier alpha value is -1.62. The molecule has 2 rings (SSSR count). The van der Waals surface area contributed by atoms with Crippen molar-refractivity contribution < 1.29 is 9.18 Å². The maximum Gasteiger partial charge on any atom is 0.322 e. The van der Waals surface area contributed by atoms with Gasteiger partial charge in [-0.25, -0.2) is 9.18 Å². The fraction of sp³-hybridized carbons (Fsp3) is 0.533. The molecule has 1 aromatic carbocycles. The van der Waals surface area contributed by atoms with E-state index in [2.05, 4.69) is 10.6 Å². The Morgan fingerprint density at radius 2 is 2.10 bits per heavy atom. The number of amides is 2. The highest BCUT2D eigenvalue weighted by Crippen LogP contribution is 2.20. The minimum absolute atomic E-state index is 0.0857. The van der Waals surface area contributed by atoms with Crippen LogP contribution >= 0.6 is 0 Å². The van der Waals surface area contributed by atoms with E-state index >= 15 is 0 Å². The summed E-state index contributed by atoms with van der Waals surface area (Å²) in [4.78, 5) is 14.2. The van der Waals surface area contributed by atoms with Gasteiger partial charge in [0.2, 0.25) is 0 Å². The third kappa shape index (κ3) is 3.93. The van der Waals surface area contributed by atoms with Crippen LogP contribution in [0.4, 0.5) is 14.9 Å². The summed E-state index contributed by atoms with van der Waals surface area (Å²) in [5.41, 5.74) is 0.634. The molecule has 4 nitrogen and oxygen atoms in total. The van der Waals surface area contributed by atoms with Crippen molar-refractivity contribution in [2.24, 2.45) is 0 Å². The molecule has 1 aromatic rings. The molecule has 0 radical (unpaired) electrons. The first kappa shape index (κ1) is 14.8. The molecule has 1 aliphatic heterocycles. The largest absolute Gasteiger partial charge is 0.322 e. The van der Waals surface area contributed by atoms with Gasteiger partial charge in [-0.15, -0.1) is 0 Å².